The van der Waals surface area contributed by atoms with Crippen molar-refractivity contribution in [3.05, 3.63) is 58.4 Å². The van der Waals surface area contributed by atoms with E-state index in [2.05, 4.69) is 40.1 Å². The average molecular weight is 435 g/mol. The number of piperidine rings is 1. The molecular weight excluding hydrogens is 413 g/mol. The van der Waals surface area contributed by atoms with E-state index in [4.69, 9.17) is 11.6 Å². The van der Waals surface area contributed by atoms with Gasteiger partial charge in [-0.15, -0.1) is 0 Å². The van der Waals surface area contributed by atoms with Gasteiger partial charge in [-0.1, -0.05) is 29.8 Å². The third kappa shape index (κ3) is 2.98. The van der Waals surface area contributed by atoms with Crippen LogP contribution in [0.3, 0.4) is 0 Å². The van der Waals surface area contributed by atoms with Gasteiger partial charge >= 0.3 is 6.18 Å². The zero-order chi connectivity index (χ0) is 21.1. The number of aromatic nitrogens is 2. The summed E-state index contributed by atoms with van der Waals surface area (Å²) >= 11 is 6.19. The summed E-state index contributed by atoms with van der Waals surface area (Å²) in [6.07, 6.45) is -0.871. The number of hydrogen-bond donors (Lipinski definition) is 1. The molecular formula is C22H22ClF3N4. The Morgan fingerprint density at radius 1 is 1.13 bits per heavy atom. The molecule has 2 aliphatic heterocycles. The summed E-state index contributed by atoms with van der Waals surface area (Å²) in [5.74, 6) is 0.426. The molecule has 0 atom stereocenters. The van der Waals surface area contributed by atoms with Gasteiger partial charge in [-0.2, -0.15) is 13.2 Å². The van der Waals surface area contributed by atoms with Crippen molar-refractivity contribution in [2.75, 3.05) is 31.6 Å². The molecule has 1 saturated heterocycles. The SMILES string of the molecule is CN1CCc2c([nH]c3ccccc23)C12CCN(c1ncc(C(F)(F)F)cc1Cl)CC2. The molecule has 1 aromatic carbocycles. The second-order valence-electron chi connectivity index (χ2n) is 8.24. The molecule has 1 spiro atoms. The molecule has 0 saturated carbocycles. The van der Waals surface area contributed by atoms with E-state index >= 15 is 0 Å². The van der Waals surface area contributed by atoms with E-state index in [1.165, 1.54) is 16.6 Å². The highest BCUT2D eigenvalue weighted by Gasteiger charge is 2.45. The molecule has 2 aromatic heterocycles. The van der Waals surface area contributed by atoms with E-state index in [9.17, 15) is 13.2 Å². The number of anilines is 1. The van der Waals surface area contributed by atoms with E-state index in [1.54, 1.807) is 0 Å². The number of aromatic amines is 1. The van der Waals surface area contributed by atoms with E-state index in [0.717, 1.165) is 43.6 Å². The Morgan fingerprint density at radius 3 is 2.57 bits per heavy atom. The topological polar surface area (TPSA) is 35.2 Å². The van der Waals surface area contributed by atoms with Crippen molar-refractivity contribution >= 4 is 28.3 Å². The van der Waals surface area contributed by atoms with E-state index < -0.39 is 11.7 Å². The lowest BCUT2D eigenvalue weighted by atomic mass is 9.78. The molecule has 1 fully saturated rings. The Hall–Kier alpha value is -2.25. The lowest BCUT2D eigenvalue weighted by molar-refractivity contribution is -0.137. The van der Waals surface area contributed by atoms with E-state index in [1.807, 2.05) is 11.0 Å². The number of fused-ring (bicyclic) bond motifs is 4. The van der Waals surface area contributed by atoms with Crippen molar-refractivity contribution in [2.24, 2.45) is 0 Å². The minimum absolute atomic E-state index is 0.0454. The third-order valence-corrected chi connectivity index (χ3v) is 7.02. The van der Waals surface area contributed by atoms with Gasteiger partial charge < -0.3 is 9.88 Å². The monoisotopic (exact) mass is 434 g/mol. The Labute approximate surface area is 177 Å². The second kappa shape index (κ2) is 6.89. The number of H-pyrrole nitrogens is 1. The molecule has 4 heterocycles. The maximum absolute atomic E-state index is 12.9. The fraction of sp³-hybridized carbons (Fsp3) is 0.409. The first-order valence-electron chi connectivity index (χ1n) is 10.1. The number of alkyl halides is 3. The Morgan fingerprint density at radius 2 is 1.87 bits per heavy atom. The molecule has 0 unspecified atom stereocenters. The number of rotatable bonds is 1. The summed E-state index contributed by atoms with van der Waals surface area (Å²) < 4.78 is 38.8. The fourth-order valence-electron chi connectivity index (χ4n) is 5.08. The van der Waals surface area contributed by atoms with Gasteiger partial charge in [-0.3, -0.25) is 4.90 Å². The number of para-hydroxylation sites is 1. The molecule has 0 aliphatic carbocycles. The molecule has 0 radical (unpaired) electrons. The highest BCUT2D eigenvalue weighted by molar-refractivity contribution is 6.33. The molecule has 3 aromatic rings. The number of nitrogens with one attached hydrogen (secondary N) is 1. The van der Waals surface area contributed by atoms with Gasteiger partial charge in [0.05, 0.1) is 16.1 Å². The average Bonchev–Trinajstić information content (AvgIpc) is 3.11. The van der Waals surface area contributed by atoms with Gasteiger partial charge in [-0.25, -0.2) is 4.98 Å². The minimum atomic E-state index is -4.45. The molecule has 1 N–H and O–H groups in total. The van der Waals surface area contributed by atoms with Gasteiger partial charge in [0.15, 0.2) is 0 Å². The first-order valence-corrected chi connectivity index (χ1v) is 10.5. The van der Waals surface area contributed by atoms with Crippen LogP contribution in [0.2, 0.25) is 5.02 Å². The summed E-state index contributed by atoms with van der Waals surface area (Å²) in [7, 11) is 2.16. The van der Waals surface area contributed by atoms with Crippen molar-refractivity contribution in [1.29, 1.82) is 0 Å². The molecule has 5 rings (SSSR count). The van der Waals surface area contributed by atoms with E-state index in [0.29, 0.717) is 18.9 Å². The lowest BCUT2D eigenvalue weighted by Crippen LogP contribution is -2.55. The van der Waals surface area contributed by atoms with Crippen LogP contribution in [0.25, 0.3) is 10.9 Å². The number of halogens is 4. The zero-order valence-corrected chi connectivity index (χ0v) is 17.3. The van der Waals surface area contributed by atoms with Crippen LogP contribution >= 0.6 is 11.6 Å². The number of pyridine rings is 1. The first-order chi connectivity index (χ1) is 14.3. The molecule has 158 valence electrons. The van der Waals surface area contributed by atoms with Crippen molar-refractivity contribution in [3.8, 4) is 0 Å². The molecule has 4 nitrogen and oxygen atoms in total. The highest BCUT2D eigenvalue weighted by atomic mass is 35.5. The maximum atomic E-state index is 12.9. The summed E-state index contributed by atoms with van der Waals surface area (Å²) in [4.78, 5) is 12.1. The molecule has 30 heavy (non-hydrogen) atoms. The summed E-state index contributed by atoms with van der Waals surface area (Å²) in [5, 5.41) is 1.33. The van der Waals surface area contributed by atoms with Gasteiger partial charge in [0.2, 0.25) is 0 Å². The molecule has 0 amide bonds. The smallest absolute Gasteiger partial charge is 0.357 e. The quantitative estimate of drug-likeness (QED) is 0.570. The van der Waals surface area contributed by atoms with Crippen molar-refractivity contribution in [3.63, 3.8) is 0 Å². The number of likely N-dealkylation sites (N-methyl/N-ethyl adjacent to an activating group) is 1. The first kappa shape index (κ1) is 19.7. The van der Waals surface area contributed by atoms with Crippen LogP contribution in [0.15, 0.2) is 36.5 Å². The van der Waals surface area contributed by atoms with Crippen molar-refractivity contribution in [1.82, 2.24) is 14.9 Å². The normalized spacial score (nSPS) is 19.4. The standard InChI is InChI=1S/C22H22ClF3N4/c1-29-9-6-16-15-4-2-3-5-18(15)28-19(16)21(29)7-10-30(11-8-21)20-17(23)12-14(13-27-20)22(24,25)26/h2-5,12-13,28H,6-11H2,1H3. The van der Waals surface area contributed by atoms with Crippen LogP contribution in [0, 0.1) is 0 Å². The van der Waals surface area contributed by atoms with Crippen LogP contribution in [0.4, 0.5) is 19.0 Å². The molecule has 0 bridgehead atoms. The predicted molar refractivity (Wildman–Crippen MR) is 112 cm³/mol. The van der Waals surface area contributed by atoms with Crippen LogP contribution in [-0.4, -0.2) is 41.5 Å². The van der Waals surface area contributed by atoms with Crippen molar-refractivity contribution in [2.45, 2.75) is 31.0 Å². The predicted octanol–water partition coefficient (Wildman–Crippen LogP) is 5.22. The summed E-state index contributed by atoms with van der Waals surface area (Å²) in [5.41, 5.74) is 2.90. The Bertz CT molecular complexity index is 1100. The number of hydrogen-bond acceptors (Lipinski definition) is 3. The number of benzene rings is 1. The fourth-order valence-corrected chi connectivity index (χ4v) is 5.37. The molecule has 8 heteroatoms. The Balaban J connectivity index is 1.45. The van der Waals surface area contributed by atoms with Crippen molar-refractivity contribution < 1.29 is 13.2 Å². The second-order valence-corrected chi connectivity index (χ2v) is 8.65. The number of nitrogens with zero attached hydrogens (tertiary/aromatic N) is 3. The van der Waals surface area contributed by atoms with Crippen LogP contribution in [0.5, 0.6) is 0 Å². The lowest BCUT2D eigenvalue weighted by Gasteiger charge is -2.50. The highest BCUT2D eigenvalue weighted by Crippen LogP contribution is 2.45. The van der Waals surface area contributed by atoms with Crippen LogP contribution < -0.4 is 4.90 Å². The largest absolute Gasteiger partial charge is 0.417 e. The third-order valence-electron chi connectivity index (χ3n) is 6.75. The zero-order valence-electron chi connectivity index (χ0n) is 16.6. The van der Waals surface area contributed by atoms with Gasteiger partial charge in [0.25, 0.3) is 0 Å². The van der Waals surface area contributed by atoms with Gasteiger partial charge in [0, 0.05) is 42.4 Å². The summed E-state index contributed by atoms with van der Waals surface area (Å²) in [6, 6.07) is 9.37. The molecule has 2 aliphatic rings. The summed E-state index contributed by atoms with van der Waals surface area (Å²) in [6.45, 7) is 2.34. The van der Waals surface area contributed by atoms with E-state index in [-0.39, 0.29) is 10.6 Å². The van der Waals surface area contributed by atoms with Gasteiger partial charge in [0.1, 0.15) is 5.82 Å². The maximum Gasteiger partial charge on any atom is 0.417 e. The van der Waals surface area contributed by atoms with Gasteiger partial charge in [-0.05, 0) is 44.0 Å². The Kier molecular flexibility index (Phi) is 4.52. The van der Waals surface area contributed by atoms with Crippen LogP contribution in [0.1, 0.15) is 29.7 Å². The van der Waals surface area contributed by atoms with Crippen LogP contribution in [-0.2, 0) is 18.1 Å². The minimum Gasteiger partial charge on any atom is -0.357 e.